The molecule has 10 heteroatoms. The minimum absolute atomic E-state index is 0.00742. The Morgan fingerprint density at radius 1 is 1.00 bits per heavy atom. The van der Waals surface area contributed by atoms with E-state index < -0.39 is 23.6 Å². The number of alkyl carbamates (subject to hydrolysis) is 1. The van der Waals surface area contributed by atoms with Gasteiger partial charge in [-0.25, -0.2) is 4.79 Å². The summed E-state index contributed by atoms with van der Waals surface area (Å²) in [5, 5.41) is 11.3. The SMILES string of the molecule is CC(C)(C)OC(=O)NC(CCC(N)=O)COCc1ccc(C#CCOCCOCCOCCO)cc1. The van der Waals surface area contributed by atoms with Crippen molar-refractivity contribution in [3.63, 3.8) is 0 Å². The molecule has 0 saturated heterocycles. The van der Waals surface area contributed by atoms with Crippen LogP contribution in [0.15, 0.2) is 24.3 Å². The Morgan fingerprint density at radius 3 is 2.25 bits per heavy atom. The third-order valence-electron chi connectivity index (χ3n) is 4.39. The number of hydrogen-bond donors (Lipinski definition) is 3. The molecular weight excluding hydrogens is 468 g/mol. The number of nitrogens with one attached hydrogen (secondary N) is 1. The lowest BCUT2D eigenvalue weighted by molar-refractivity contribution is -0.118. The summed E-state index contributed by atoms with van der Waals surface area (Å²) >= 11 is 0. The van der Waals surface area contributed by atoms with Crippen LogP contribution in [0.3, 0.4) is 0 Å². The molecule has 10 nitrogen and oxygen atoms in total. The van der Waals surface area contributed by atoms with Gasteiger partial charge in [0.25, 0.3) is 0 Å². The molecule has 0 aromatic heterocycles. The maximum absolute atomic E-state index is 12.1. The fourth-order valence-electron chi connectivity index (χ4n) is 2.76. The van der Waals surface area contributed by atoms with Gasteiger partial charge in [0, 0.05) is 12.0 Å². The second-order valence-electron chi connectivity index (χ2n) is 8.86. The summed E-state index contributed by atoms with van der Waals surface area (Å²) in [5.74, 6) is 5.54. The molecule has 1 aromatic rings. The summed E-state index contributed by atoms with van der Waals surface area (Å²) in [7, 11) is 0. The fraction of sp³-hybridized carbons (Fsp3) is 0.615. The molecule has 0 heterocycles. The third-order valence-corrected chi connectivity index (χ3v) is 4.39. The highest BCUT2D eigenvalue weighted by Gasteiger charge is 2.20. The number of aliphatic hydroxyl groups is 1. The lowest BCUT2D eigenvalue weighted by atomic mass is 10.1. The number of primary amides is 1. The van der Waals surface area contributed by atoms with Gasteiger partial charge in [-0.3, -0.25) is 4.79 Å². The van der Waals surface area contributed by atoms with Crippen molar-refractivity contribution >= 4 is 12.0 Å². The lowest BCUT2D eigenvalue weighted by Crippen LogP contribution is -2.42. The van der Waals surface area contributed by atoms with Crippen molar-refractivity contribution in [2.45, 2.75) is 51.9 Å². The molecule has 2 amide bonds. The van der Waals surface area contributed by atoms with E-state index >= 15 is 0 Å². The Labute approximate surface area is 213 Å². The van der Waals surface area contributed by atoms with Gasteiger partial charge in [-0.15, -0.1) is 0 Å². The molecule has 0 saturated carbocycles. The number of ether oxygens (including phenoxy) is 5. The number of hydrogen-bond acceptors (Lipinski definition) is 8. The van der Waals surface area contributed by atoms with Gasteiger partial charge >= 0.3 is 6.09 Å². The molecular formula is C26H40N2O8. The molecule has 1 unspecified atom stereocenters. The number of nitrogens with two attached hydrogens (primary N) is 1. The van der Waals surface area contributed by atoms with Crippen LogP contribution >= 0.6 is 0 Å². The molecule has 4 N–H and O–H groups in total. The summed E-state index contributed by atoms with van der Waals surface area (Å²) in [6.45, 7) is 8.30. The van der Waals surface area contributed by atoms with Crippen LogP contribution in [0.5, 0.6) is 0 Å². The smallest absolute Gasteiger partial charge is 0.407 e. The van der Waals surface area contributed by atoms with Crippen LogP contribution in [0, 0.1) is 11.8 Å². The summed E-state index contributed by atoms with van der Waals surface area (Å²) < 4.78 is 26.8. The molecule has 1 aromatic carbocycles. The van der Waals surface area contributed by atoms with Gasteiger partial charge in [0.2, 0.25) is 5.91 Å². The van der Waals surface area contributed by atoms with E-state index in [0.717, 1.165) is 11.1 Å². The van der Waals surface area contributed by atoms with Crippen LogP contribution in [0.25, 0.3) is 0 Å². The molecule has 0 radical (unpaired) electrons. The Hall–Kier alpha value is -2.68. The molecule has 0 aliphatic heterocycles. The van der Waals surface area contributed by atoms with Crippen molar-refractivity contribution < 1.29 is 38.4 Å². The zero-order valence-electron chi connectivity index (χ0n) is 21.5. The van der Waals surface area contributed by atoms with Crippen LogP contribution in [-0.2, 0) is 35.1 Å². The normalized spacial score (nSPS) is 11.9. The second kappa shape index (κ2) is 18.6. The zero-order valence-corrected chi connectivity index (χ0v) is 21.5. The standard InChI is InChI=1S/C26H40N2O8/c1-26(2,3)36-25(31)28-23(10-11-24(27)30)20-35-19-22-8-6-21(7-9-22)5-4-13-32-15-17-34-18-16-33-14-12-29/h6-9,23,29H,10-20H2,1-3H3,(H2,27,30)(H,28,31). The summed E-state index contributed by atoms with van der Waals surface area (Å²) in [4.78, 5) is 23.2. The number of amides is 2. The minimum atomic E-state index is -0.624. The molecule has 0 spiro atoms. The molecule has 1 rings (SSSR count). The van der Waals surface area contributed by atoms with E-state index in [2.05, 4.69) is 17.2 Å². The van der Waals surface area contributed by atoms with Gasteiger partial charge in [0.15, 0.2) is 0 Å². The van der Waals surface area contributed by atoms with Crippen LogP contribution in [-0.4, -0.2) is 81.6 Å². The highest BCUT2D eigenvalue weighted by Crippen LogP contribution is 2.09. The Balaban J connectivity index is 2.33. The first kappa shape index (κ1) is 31.4. The molecule has 202 valence electrons. The van der Waals surface area contributed by atoms with Crippen molar-refractivity contribution in [3.8, 4) is 11.8 Å². The fourth-order valence-corrected chi connectivity index (χ4v) is 2.76. The first-order chi connectivity index (χ1) is 17.2. The number of benzene rings is 1. The van der Waals surface area contributed by atoms with Crippen LogP contribution in [0.4, 0.5) is 4.79 Å². The van der Waals surface area contributed by atoms with Crippen LogP contribution in [0.1, 0.15) is 44.7 Å². The van der Waals surface area contributed by atoms with Crippen LogP contribution in [0.2, 0.25) is 0 Å². The monoisotopic (exact) mass is 508 g/mol. The Bertz CT molecular complexity index is 812. The number of aliphatic hydroxyl groups excluding tert-OH is 1. The summed E-state index contributed by atoms with van der Waals surface area (Å²) in [5.41, 5.74) is 6.41. The number of rotatable bonds is 17. The van der Waals surface area contributed by atoms with Gasteiger partial charge in [-0.1, -0.05) is 24.0 Å². The van der Waals surface area contributed by atoms with E-state index in [1.165, 1.54) is 0 Å². The van der Waals surface area contributed by atoms with Gasteiger partial charge in [0.1, 0.15) is 12.2 Å². The number of carbonyl (C=O) groups is 2. The molecule has 36 heavy (non-hydrogen) atoms. The van der Waals surface area contributed by atoms with Gasteiger partial charge in [-0.05, 0) is 44.9 Å². The molecule has 0 aliphatic rings. The number of carbonyl (C=O) groups excluding carboxylic acids is 2. The first-order valence-corrected chi connectivity index (χ1v) is 12.0. The average molecular weight is 509 g/mol. The molecule has 0 aliphatic carbocycles. The zero-order chi connectivity index (χ0) is 26.7. The predicted molar refractivity (Wildman–Crippen MR) is 134 cm³/mol. The molecule has 1 atom stereocenters. The van der Waals surface area contributed by atoms with Crippen molar-refractivity contribution in [2.24, 2.45) is 5.73 Å². The third kappa shape index (κ3) is 17.7. The molecule has 0 bridgehead atoms. The van der Waals surface area contributed by atoms with Crippen LogP contribution < -0.4 is 11.1 Å². The van der Waals surface area contributed by atoms with E-state index in [0.29, 0.717) is 52.7 Å². The lowest BCUT2D eigenvalue weighted by Gasteiger charge is -2.23. The van der Waals surface area contributed by atoms with Gasteiger partial charge < -0.3 is 39.8 Å². The molecule has 0 fully saturated rings. The quantitative estimate of drug-likeness (QED) is 0.214. The maximum Gasteiger partial charge on any atom is 0.407 e. The van der Waals surface area contributed by atoms with Crippen molar-refractivity contribution in [1.29, 1.82) is 0 Å². The summed E-state index contributed by atoms with van der Waals surface area (Å²) in [6, 6.07) is 7.21. The van der Waals surface area contributed by atoms with E-state index in [-0.39, 0.29) is 19.6 Å². The van der Waals surface area contributed by atoms with E-state index in [4.69, 9.17) is 34.5 Å². The van der Waals surface area contributed by atoms with Crippen molar-refractivity contribution in [2.75, 3.05) is 52.9 Å². The maximum atomic E-state index is 12.1. The predicted octanol–water partition coefficient (Wildman–Crippen LogP) is 1.76. The highest BCUT2D eigenvalue weighted by molar-refractivity contribution is 5.74. The van der Waals surface area contributed by atoms with E-state index in [1.807, 2.05) is 24.3 Å². The largest absolute Gasteiger partial charge is 0.444 e. The first-order valence-electron chi connectivity index (χ1n) is 12.0. The van der Waals surface area contributed by atoms with E-state index in [9.17, 15) is 9.59 Å². The topological polar surface area (TPSA) is 139 Å². The Kier molecular flexibility index (Phi) is 16.2. The van der Waals surface area contributed by atoms with E-state index in [1.54, 1.807) is 20.8 Å². The van der Waals surface area contributed by atoms with Crippen molar-refractivity contribution in [1.82, 2.24) is 5.32 Å². The minimum Gasteiger partial charge on any atom is -0.444 e. The second-order valence-corrected chi connectivity index (χ2v) is 8.86. The van der Waals surface area contributed by atoms with Gasteiger partial charge in [-0.2, -0.15) is 0 Å². The summed E-state index contributed by atoms with van der Waals surface area (Å²) in [6.07, 6.45) is -0.0752. The van der Waals surface area contributed by atoms with Crippen molar-refractivity contribution in [3.05, 3.63) is 35.4 Å². The highest BCUT2D eigenvalue weighted by atomic mass is 16.6. The average Bonchev–Trinajstić information content (AvgIpc) is 2.80. The van der Waals surface area contributed by atoms with Gasteiger partial charge in [0.05, 0.1) is 58.9 Å². The Morgan fingerprint density at radius 2 is 1.64 bits per heavy atom.